The number of aromatic nitrogens is 1. The second kappa shape index (κ2) is 10.7. The van der Waals surface area contributed by atoms with Crippen LogP contribution in [0.1, 0.15) is 16.8 Å². The summed E-state index contributed by atoms with van der Waals surface area (Å²) in [5.41, 5.74) is 4.99. The van der Waals surface area contributed by atoms with Crippen molar-refractivity contribution in [3.8, 4) is 22.4 Å². The molecule has 0 fully saturated rings. The Labute approximate surface area is 226 Å². The SMILES string of the molecule is Cc1c(Cc2ccccc2S(=O)(=O)c2ccccc2)c(-c2ccc(F)cc2)c(-c2ccccc2)n1CC(=O)O. The number of hydrogen-bond donors (Lipinski definition) is 1. The molecular formula is C32H26FNO4S. The Balaban J connectivity index is 1.77. The summed E-state index contributed by atoms with van der Waals surface area (Å²) >= 11 is 0. The molecule has 0 aliphatic rings. The van der Waals surface area contributed by atoms with E-state index in [1.165, 1.54) is 12.1 Å². The summed E-state index contributed by atoms with van der Waals surface area (Å²) in [4.78, 5) is 12.3. The van der Waals surface area contributed by atoms with Crippen molar-refractivity contribution in [2.24, 2.45) is 0 Å². The lowest BCUT2D eigenvalue weighted by Gasteiger charge is -2.13. The van der Waals surface area contributed by atoms with Crippen molar-refractivity contribution in [2.45, 2.75) is 29.7 Å². The lowest BCUT2D eigenvalue weighted by atomic mass is 9.93. The van der Waals surface area contributed by atoms with E-state index in [1.807, 2.05) is 37.3 Å². The summed E-state index contributed by atoms with van der Waals surface area (Å²) in [5, 5.41) is 9.79. The van der Waals surface area contributed by atoms with Crippen LogP contribution in [0.15, 0.2) is 119 Å². The summed E-state index contributed by atoms with van der Waals surface area (Å²) in [6.07, 6.45) is 0.229. The molecule has 196 valence electrons. The van der Waals surface area contributed by atoms with Gasteiger partial charge in [0.15, 0.2) is 0 Å². The van der Waals surface area contributed by atoms with Crippen LogP contribution >= 0.6 is 0 Å². The number of sulfone groups is 1. The van der Waals surface area contributed by atoms with E-state index in [1.54, 1.807) is 71.3 Å². The normalized spacial score (nSPS) is 11.4. The maximum atomic E-state index is 13.9. The van der Waals surface area contributed by atoms with Crippen molar-refractivity contribution in [3.63, 3.8) is 0 Å². The van der Waals surface area contributed by atoms with Crippen LogP contribution in [0, 0.1) is 12.7 Å². The molecule has 1 heterocycles. The molecule has 0 radical (unpaired) electrons. The average molecular weight is 540 g/mol. The van der Waals surface area contributed by atoms with Gasteiger partial charge in [-0.2, -0.15) is 0 Å². The Morgan fingerprint density at radius 3 is 2.03 bits per heavy atom. The molecule has 0 atom stereocenters. The quantitative estimate of drug-likeness (QED) is 0.236. The Bertz CT molecular complexity index is 1740. The average Bonchev–Trinajstić information content (AvgIpc) is 3.20. The van der Waals surface area contributed by atoms with E-state index in [0.29, 0.717) is 22.5 Å². The largest absolute Gasteiger partial charge is 0.480 e. The van der Waals surface area contributed by atoms with Gasteiger partial charge in [0.25, 0.3) is 0 Å². The first-order valence-corrected chi connectivity index (χ1v) is 13.9. The molecule has 0 amide bonds. The number of hydrogen-bond acceptors (Lipinski definition) is 3. The lowest BCUT2D eigenvalue weighted by molar-refractivity contribution is -0.137. The van der Waals surface area contributed by atoms with Crippen molar-refractivity contribution in [1.29, 1.82) is 0 Å². The van der Waals surface area contributed by atoms with Crippen LogP contribution < -0.4 is 0 Å². The fourth-order valence-electron chi connectivity index (χ4n) is 4.99. The zero-order chi connectivity index (χ0) is 27.6. The van der Waals surface area contributed by atoms with Gasteiger partial charge in [-0.05, 0) is 59.5 Å². The fourth-order valence-corrected chi connectivity index (χ4v) is 6.50. The molecule has 0 unspecified atom stereocenters. The number of carboxylic acid groups (broad SMARTS) is 1. The molecule has 0 spiro atoms. The topological polar surface area (TPSA) is 76.4 Å². The monoisotopic (exact) mass is 539 g/mol. The fraction of sp³-hybridized carbons (Fsp3) is 0.0938. The van der Waals surface area contributed by atoms with Crippen molar-refractivity contribution in [1.82, 2.24) is 4.57 Å². The van der Waals surface area contributed by atoms with Gasteiger partial charge in [0.2, 0.25) is 9.84 Å². The highest BCUT2D eigenvalue weighted by Gasteiger charge is 2.27. The smallest absolute Gasteiger partial charge is 0.323 e. The molecule has 1 N–H and O–H groups in total. The molecule has 0 saturated heterocycles. The van der Waals surface area contributed by atoms with Gasteiger partial charge in [0, 0.05) is 17.7 Å². The molecule has 0 saturated carbocycles. The molecule has 1 aromatic heterocycles. The third-order valence-corrected chi connectivity index (χ3v) is 8.68. The van der Waals surface area contributed by atoms with Crippen molar-refractivity contribution < 1.29 is 22.7 Å². The summed E-state index contributed by atoms with van der Waals surface area (Å²) in [7, 11) is -3.81. The van der Waals surface area contributed by atoms with E-state index in [2.05, 4.69) is 0 Å². The van der Waals surface area contributed by atoms with Gasteiger partial charge in [-0.1, -0.05) is 78.9 Å². The van der Waals surface area contributed by atoms with Crippen molar-refractivity contribution >= 4 is 15.8 Å². The van der Waals surface area contributed by atoms with Gasteiger partial charge in [-0.15, -0.1) is 0 Å². The van der Waals surface area contributed by atoms with E-state index in [0.717, 1.165) is 16.7 Å². The first-order chi connectivity index (χ1) is 18.8. The van der Waals surface area contributed by atoms with Crippen LogP contribution in [0.2, 0.25) is 0 Å². The number of carboxylic acids is 1. The third-order valence-electron chi connectivity index (χ3n) is 6.81. The first-order valence-electron chi connectivity index (χ1n) is 12.4. The van der Waals surface area contributed by atoms with Crippen LogP contribution in [0.5, 0.6) is 0 Å². The Morgan fingerprint density at radius 1 is 0.795 bits per heavy atom. The number of carbonyl (C=O) groups is 1. The highest BCUT2D eigenvalue weighted by molar-refractivity contribution is 7.91. The van der Waals surface area contributed by atoms with Gasteiger partial charge < -0.3 is 9.67 Å². The molecule has 0 aliphatic heterocycles. The number of aliphatic carboxylic acids is 1. The number of nitrogens with zero attached hydrogens (tertiary/aromatic N) is 1. The minimum absolute atomic E-state index is 0.188. The number of rotatable bonds is 8. The van der Waals surface area contributed by atoms with E-state index < -0.39 is 15.8 Å². The predicted molar refractivity (Wildman–Crippen MR) is 149 cm³/mol. The number of halogens is 1. The first kappa shape index (κ1) is 26.1. The zero-order valence-electron chi connectivity index (χ0n) is 21.2. The number of benzene rings is 4. The van der Waals surface area contributed by atoms with Crippen LogP contribution in [0.25, 0.3) is 22.4 Å². The van der Waals surface area contributed by atoms with E-state index in [-0.39, 0.29) is 28.6 Å². The van der Waals surface area contributed by atoms with Gasteiger partial charge in [-0.25, -0.2) is 12.8 Å². The van der Waals surface area contributed by atoms with Gasteiger partial charge in [0.05, 0.1) is 15.5 Å². The molecule has 5 nitrogen and oxygen atoms in total. The predicted octanol–water partition coefficient (Wildman–Crippen LogP) is 6.78. The maximum absolute atomic E-state index is 13.9. The van der Waals surface area contributed by atoms with E-state index >= 15 is 0 Å². The van der Waals surface area contributed by atoms with E-state index in [4.69, 9.17) is 0 Å². The second-order valence-electron chi connectivity index (χ2n) is 9.24. The van der Waals surface area contributed by atoms with Crippen LogP contribution in [0.4, 0.5) is 4.39 Å². The lowest BCUT2D eigenvalue weighted by Crippen LogP contribution is -2.12. The molecule has 0 bridgehead atoms. The van der Waals surface area contributed by atoms with E-state index in [9.17, 15) is 22.7 Å². The molecule has 4 aromatic carbocycles. The second-order valence-corrected chi connectivity index (χ2v) is 11.2. The van der Waals surface area contributed by atoms with Crippen molar-refractivity contribution in [3.05, 3.63) is 132 Å². The van der Waals surface area contributed by atoms with Gasteiger partial charge >= 0.3 is 5.97 Å². The summed E-state index contributed by atoms with van der Waals surface area (Å²) in [6, 6.07) is 30.6. The molecular weight excluding hydrogens is 513 g/mol. The molecule has 39 heavy (non-hydrogen) atoms. The Morgan fingerprint density at radius 2 is 1.38 bits per heavy atom. The third kappa shape index (κ3) is 5.13. The highest BCUT2D eigenvalue weighted by Crippen LogP contribution is 2.41. The van der Waals surface area contributed by atoms with Gasteiger partial charge in [0.1, 0.15) is 12.4 Å². The van der Waals surface area contributed by atoms with Crippen LogP contribution in [0.3, 0.4) is 0 Å². The Hall–Kier alpha value is -4.49. The van der Waals surface area contributed by atoms with Crippen LogP contribution in [-0.4, -0.2) is 24.1 Å². The van der Waals surface area contributed by atoms with Gasteiger partial charge in [-0.3, -0.25) is 4.79 Å². The van der Waals surface area contributed by atoms with Crippen LogP contribution in [-0.2, 0) is 27.6 Å². The highest BCUT2D eigenvalue weighted by atomic mass is 32.2. The Kier molecular flexibility index (Phi) is 7.17. The standard InChI is InChI=1S/C32H26FNO4S/c1-22-28(20-25-12-8-9-15-29(25)39(37,38)27-13-6-3-7-14-27)31(23-16-18-26(33)19-17-23)32(34(22)21-30(35)36)24-10-4-2-5-11-24/h2-19H,20-21H2,1H3,(H,35,36). The minimum atomic E-state index is -3.81. The molecule has 5 aromatic rings. The molecule has 5 rings (SSSR count). The van der Waals surface area contributed by atoms with Crippen molar-refractivity contribution in [2.75, 3.05) is 0 Å². The minimum Gasteiger partial charge on any atom is -0.480 e. The molecule has 7 heteroatoms. The zero-order valence-corrected chi connectivity index (χ0v) is 22.0. The summed E-state index contributed by atoms with van der Waals surface area (Å²) in [6.45, 7) is 1.56. The summed E-state index contributed by atoms with van der Waals surface area (Å²) in [5.74, 6) is -1.39. The maximum Gasteiger partial charge on any atom is 0.323 e. The summed E-state index contributed by atoms with van der Waals surface area (Å²) < 4.78 is 42.9. The molecule has 0 aliphatic carbocycles.